The van der Waals surface area contributed by atoms with Crippen LogP contribution in [-0.4, -0.2) is 0 Å². The van der Waals surface area contributed by atoms with Gasteiger partial charge in [-0.25, -0.2) is 0 Å². The highest BCUT2D eigenvalue weighted by Crippen LogP contribution is 2.30. The number of rotatable bonds is 8. The van der Waals surface area contributed by atoms with E-state index in [-0.39, 0.29) is 0 Å². The standard InChI is InChI=1S/C24H32/c1-20-12-11-19-24(22-16-6-4-7-17-22)23(20)18-8-3-2-5-13-21-14-9-10-15-21/h4,6-7,11-12,16-17,19,21H,2-3,5,8-10,13-15,18H2,1H3. The molecular formula is C24H32. The van der Waals surface area contributed by atoms with Gasteiger partial charge in [-0.1, -0.05) is 99.9 Å². The molecule has 0 nitrogen and oxygen atoms in total. The molecule has 2 aromatic rings. The lowest BCUT2D eigenvalue weighted by Crippen LogP contribution is -1.96. The Kier molecular flexibility index (Phi) is 6.52. The second kappa shape index (κ2) is 9.06. The van der Waals surface area contributed by atoms with Crippen molar-refractivity contribution in [3.8, 4) is 11.1 Å². The predicted octanol–water partition coefficient (Wildman–Crippen LogP) is 7.35. The Balaban J connectivity index is 1.49. The van der Waals surface area contributed by atoms with E-state index < -0.39 is 0 Å². The number of hydrogen-bond donors (Lipinski definition) is 0. The van der Waals surface area contributed by atoms with Crippen LogP contribution in [0.15, 0.2) is 48.5 Å². The van der Waals surface area contributed by atoms with Gasteiger partial charge in [-0.15, -0.1) is 0 Å². The van der Waals surface area contributed by atoms with E-state index >= 15 is 0 Å². The smallest absolute Gasteiger partial charge is 0.0149 e. The van der Waals surface area contributed by atoms with E-state index in [0.717, 1.165) is 5.92 Å². The van der Waals surface area contributed by atoms with Crippen molar-refractivity contribution in [3.63, 3.8) is 0 Å². The fraction of sp³-hybridized carbons (Fsp3) is 0.500. The third-order valence-corrected chi connectivity index (χ3v) is 5.76. The summed E-state index contributed by atoms with van der Waals surface area (Å²) in [6.45, 7) is 2.27. The first-order chi connectivity index (χ1) is 11.8. The van der Waals surface area contributed by atoms with Crippen LogP contribution in [0.25, 0.3) is 11.1 Å². The van der Waals surface area contributed by atoms with Gasteiger partial charge in [0.25, 0.3) is 0 Å². The first-order valence-electron chi connectivity index (χ1n) is 9.98. The van der Waals surface area contributed by atoms with Crippen molar-refractivity contribution < 1.29 is 0 Å². The van der Waals surface area contributed by atoms with Gasteiger partial charge in [-0.2, -0.15) is 0 Å². The summed E-state index contributed by atoms with van der Waals surface area (Å²) in [4.78, 5) is 0. The molecule has 128 valence electrons. The SMILES string of the molecule is Cc1cccc(-c2ccccc2)c1CCCCCCC1CCCC1. The van der Waals surface area contributed by atoms with E-state index in [4.69, 9.17) is 0 Å². The second-order valence-corrected chi connectivity index (χ2v) is 7.57. The maximum Gasteiger partial charge on any atom is -0.0149 e. The molecule has 0 saturated heterocycles. The van der Waals surface area contributed by atoms with Gasteiger partial charge >= 0.3 is 0 Å². The molecule has 1 fully saturated rings. The average molecular weight is 321 g/mol. The van der Waals surface area contributed by atoms with E-state index in [0.29, 0.717) is 0 Å². The molecule has 0 heterocycles. The molecule has 2 aromatic carbocycles. The molecule has 1 saturated carbocycles. The van der Waals surface area contributed by atoms with Crippen LogP contribution in [0.5, 0.6) is 0 Å². The first kappa shape index (κ1) is 17.3. The average Bonchev–Trinajstić information content (AvgIpc) is 3.13. The minimum atomic E-state index is 1.06. The van der Waals surface area contributed by atoms with Gasteiger partial charge in [0, 0.05) is 0 Å². The van der Waals surface area contributed by atoms with Gasteiger partial charge in [0.1, 0.15) is 0 Å². The molecule has 0 amide bonds. The van der Waals surface area contributed by atoms with Gasteiger partial charge in [0.2, 0.25) is 0 Å². The Morgan fingerprint density at radius 3 is 2.33 bits per heavy atom. The molecule has 1 aliphatic carbocycles. The zero-order valence-corrected chi connectivity index (χ0v) is 15.3. The van der Waals surface area contributed by atoms with Crippen molar-refractivity contribution in [2.75, 3.05) is 0 Å². The summed E-state index contributed by atoms with van der Waals surface area (Å²) in [7, 11) is 0. The van der Waals surface area contributed by atoms with Crippen LogP contribution in [0.2, 0.25) is 0 Å². The van der Waals surface area contributed by atoms with Gasteiger partial charge in [-0.05, 0) is 47.9 Å². The molecule has 24 heavy (non-hydrogen) atoms. The van der Waals surface area contributed by atoms with E-state index in [1.165, 1.54) is 80.9 Å². The summed E-state index contributed by atoms with van der Waals surface area (Å²) in [5.74, 6) is 1.06. The summed E-state index contributed by atoms with van der Waals surface area (Å²) < 4.78 is 0. The highest BCUT2D eigenvalue weighted by atomic mass is 14.2. The van der Waals surface area contributed by atoms with Crippen LogP contribution < -0.4 is 0 Å². The molecule has 0 aromatic heterocycles. The van der Waals surface area contributed by atoms with Crippen molar-refractivity contribution in [1.29, 1.82) is 0 Å². The number of unbranched alkanes of at least 4 members (excludes halogenated alkanes) is 3. The quantitative estimate of drug-likeness (QED) is 0.446. The Hall–Kier alpha value is -1.56. The van der Waals surface area contributed by atoms with Gasteiger partial charge in [0.05, 0.1) is 0 Å². The largest absolute Gasteiger partial charge is 0.0622 e. The van der Waals surface area contributed by atoms with E-state index in [1.807, 2.05) is 0 Å². The zero-order chi connectivity index (χ0) is 16.6. The third-order valence-electron chi connectivity index (χ3n) is 5.76. The summed E-state index contributed by atoms with van der Waals surface area (Å²) in [6, 6.07) is 17.6. The molecule has 0 heteroatoms. The molecule has 0 spiro atoms. The Bertz CT molecular complexity index is 605. The molecule has 0 bridgehead atoms. The minimum absolute atomic E-state index is 1.06. The van der Waals surface area contributed by atoms with Crippen LogP contribution in [0.3, 0.4) is 0 Å². The lowest BCUT2D eigenvalue weighted by atomic mass is 9.92. The van der Waals surface area contributed by atoms with Crippen LogP contribution >= 0.6 is 0 Å². The van der Waals surface area contributed by atoms with Crippen molar-refractivity contribution in [1.82, 2.24) is 0 Å². The van der Waals surface area contributed by atoms with Crippen LogP contribution in [0.1, 0.15) is 68.9 Å². The Morgan fingerprint density at radius 2 is 1.54 bits per heavy atom. The maximum absolute atomic E-state index is 2.29. The normalized spacial score (nSPS) is 15.0. The summed E-state index contributed by atoms with van der Waals surface area (Å²) >= 11 is 0. The molecule has 0 unspecified atom stereocenters. The molecule has 0 aliphatic heterocycles. The molecule has 3 rings (SSSR count). The van der Waals surface area contributed by atoms with Gasteiger partial charge in [-0.3, -0.25) is 0 Å². The molecule has 1 aliphatic rings. The monoisotopic (exact) mass is 320 g/mol. The fourth-order valence-corrected chi connectivity index (χ4v) is 4.31. The third kappa shape index (κ3) is 4.72. The fourth-order valence-electron chi connectivity index (χ4n) is 4.31. The van der Waals surface area contributed by atoms with E-state index in [9.17, 15) is 0 Å². The molecule has 0 atom stereocenters. The number of benzene rings is 2. The predicted molar refractivity (Wildman–Crippen MR) is 105 cm³/mol. The number of aryl methyl sites for hydroxylation is 1. The van der Waals surface area contributed by atoms with Gasteiger partial charge in [0.15, 0.2) is 0 Å². The Labute approximate surface area is 148 Å². The second-order valence-electron chi connectivity index (χ2n) is 7.57. The maximum atomic E-state index is 2.29. The van der Waals surface area contributed by atoms with Crippen molar-refractivity contribution in [2.24, 2.45) is 5.92 Å². The molecular weight excluding hydrogens is 288 g/mol. The number of hydrogen-bond acceptors (Lipinski definition) is 0. The molecule has 0 radical (unpaired) electrons. The highest BCUT2D eigenvalue weighted by molar-refractivity contribution is 5.68. The topological polar surface area (TPSA) is 0 Å². The highest BCUT2D eigenvalue weighted by Gasteiger charge is 2.14. The van der Waals surface area contributed by atoms with Crippen LogP contribution in [-0.2, 0) is 6.42 Å². The van der Waals surface area contributed by atoms with Crippen LogP contribution in [0.4, 0.5) is 0 Å². The van der Waals surface area contributed by atoms with Gasteiger partial charge < -0.3 is 0 Å². The minimum Gasteiger partial charge on any atom is -0.0622 e. The van der Waals surface area contributed by atoms with Crippen molar-refractivity contribution in [3.05, 3.63) is 59.7 Å². The lowest BCUT2D eigenvalue weighted by molar-refractivity contribution is 0.464. The van der Waals surface area contributed by atoms with E-state index in [2.05, 4.69) is 55.5 Å². The summed E-state index contributed by atoms with van der Waals surface area (Å²) in [5, 5.41) is 0. The lowest BCUT2D eigenvalue weighted by Gasteiger charge is -2.13. The van der Waals surface area contributed by atoms with Crippen LogP contribution in [0, 0.1) is 12.8 Å². The van der Waals surface area contributed by atoms with E-state index in [1.54, 1.807) is 5.56 Å². The summed E-state index contributed by atoms with van der Waals surface area (Å²) in [6.07, 6.45) is 14.3. The Morgan fingerprint density at radius 1 is 0.792 bits per heavy atom. The van der Waals surface area contributed by atoms with Crippen molar-refractivity contribution >= 4 is 0 Å². The first-order valence-corrected chi connectivity index (χ1v) is 9.98. The molecule has 0 N–H and O–H groups in total. The summed E-state index contributed by atoms with van der Waals surface area (Å²) in [5.41, 5.74) is 5.79. The zero-order valence-electron chi connectivity index (χ0n) is 15.3. The van der Waals surface area contributed by atoms with Crippen molar-refractivity contribution in [2.45, 2.75) is 71.1 Å².